The highest BCUT2D eigenvalue weighted by molar-refractivity contribution is 7.14. The van der Waals surface area contributed by atoms with E-state index in [0.717, 1.165) is 0 Å². The van der Waals surface area contributed by atoms with Gasteiger partial charge >= 0.3 is 5.97 Å². The number of aliphatic carboxylic acids is 1. The zero-order valence-corrected chi connectivity index (χ0v) is 11.2. The predicted octanol–water partition coefficient (Wildman–Crippen LogP) is 2.68. The van der Waals surface area contributed by atoms with E-state index in [-0.39, 0.29) is 12.3 Å². The van der Waals surface area contributed by atoms with Crippen LogP contribution in [0.2, 0.25) is 5.02 Å². The number of amides is 1. The van der Waals surface area contributed by atoms with Gasteiger partial charge in [0.1, 0.15) is 0 Å². The zero-order valence-electron chi connectivity index (χ0n) is 9.59. The normalized spacial score (nSPS) is 10.2. The van der Waals surface area contributed by atoms with E-state index in [0.29, 0.717) is 21.4 Å². The van der Waals surface area contributed by atoms with Crippen LogP contribution in [0.25, 0.3) is 0 Å². The molecule has 0 saturated heterocycles. The van der Waals surface area contributed by atoms with Crippen molar-refractivity contribution in [2.45, 2.75) is 6.42 Å². The number of aromatic nitrogens is 1. The van der Waals surface area contributed by atoms with Crippen LogP contribution < -0.4 is 5.32 Å². The summed E-state index contributed by atoms with van der Waals surface area (Å²) in [5.74, 6) is -1.27. The molecule has 1 aromatic carbocycles. The van der Waals surface area contributed by atoms with Crippen LogP contribution in [-0.4, -0.2) is 22.0 Å². The van der Waals surface area contributed by atoms with Crippen LogP contribution in [0.1, 0.15) is 16.1 Å². The number of hydrogen-bond donors (Lipinski definition) is 2. The Morgan fingerprint density at radius 1 is 1.32 bits per heavy atom. The third-order valence-electron chi connectivity index (χ3n) is 2.21. The Labute approximate surface area is 117 Å². The van der Waals surface area contributed by atoms with Gasteiger partial charge < -0.3 is 5.11 Å². The Bertz CT molecular complexity index is 610. The Morgan fingerprint density at radius 3 is 2.63 bits per heavy atom. The third-order valence-corrected chi connectivity index (χ3v) is 3.27. The summed E-state index contributed by atoms with van der Waals surface area (Å²) in [6.45, 7) is 0. The first-order chi connectivity index (χ1) is 9.04. The average molecular weight is 297 g/mol. The minimum atomic E-state index is -0.958. The summed E-state index contributed by atoms with van der Waals surface area (Å²) in [5, 5.41) is 13.8. The van der Waals surface area contributed by atoms with Crippen LogP contribution in [0, 0.1) is 0 Å². The number of nitrogens with zero attached hydrogens (tertiary/aromatic N) is 1. The molecule has 1 heterocycles. The molecule has 2 aromatic rings. The molecule has 0 radical (unpaired) electrons. The van der Waals surface area contributed by atoms with Gasteiger partial charge in [0.05, 0.1) is 12.1 Å². The van der Waals surface area contributed by atoms with Gasteiger partial charge in [0.2, 0.25) is 0 Å². The molecule has 0 bridgehead atoms. The molecule has 5 nitrogen and oxygen atoms in total. The molecule has 0 spiro atoms. The van der Waals surface area contributed by atoms with Gasteiger partial charge in [-0.15, -0.1) is 11.3 Å². The van der Waals surface area contributed by atoms with Crippen molar-refractivity contribution < 1.29 is 14.7 Å². The molecule has 0 unspecified atom stereocenters. The molecule has 1 aromatic heterocycles. The zero-order chi connectivity index (χ0) is 13.8. The fourth-order valence-corrected chi connectivity index (χ4v) is 2.20. The standard InChI is InChI=1S/C12H9ClN2O3S/c13-8-3-1-7(2-4-8)11(18)15-12-14-9(6-19-12)5-10(16)17/h1-4,6H,5H2,(H,16,17)(H,14,15,18). The van der Waals surface area contributed by atoms with E-state index in [1.807, 2.05) is 0 Å². The molecular weight excluding hydrogens is 288 g/mol. The van der Waals surface area contributed by atoms with Crippen LogP contribution in [0.15, 0.2) is 29.6 Å². The number of halogens is 1. The molecule has 0 saturated carbocycles. The van der Waals surface area contributed by atoms with E-state index in [1.165, 1.54) is 11.3 Å². The molecule has 0 aliphatic rings. The van der Waals surface area contributed by atoms with Crippen molar-refractivity contribution in [3.63, 3.8) is 0 Å². The summed E-state index contributed by atoms with van der Waals surface area (Å²) < 4.78 is 0. The highest BCUT2D eigenvalue weighted by Gasteiger charge is 2.10. The highest BCUT2D eigenvalue weighted by atomic mass is 35.5. The van der Waals surface area contributed by atoms with Crippen LogP contribution in [0.5, 0.6) is 0 Å². The van der Waals surface area contributed by atoms with Gasteiger partial charge in [-0.1, -0.05) is 11.6 Å². The van der Waals surface area contributed by atoms with Gasteiger partial charge in [-0.3, -0.25) is 14.9 Å². The van der Waals surface area contributed by atoms with Crippen LogP contribution >= 0.6 is 22.9 Å². The van der Waals surface area contributed by atoms with E-state index in [2.05, 4.69) is 10.3 Å². The van der Waals surface area contributed by atoms with Crippen molar-refractivity contribution in [1.82, 2.24) is 4.98 Å². The SMILES string of the molecule is O=C(O)Cc1csc(NC(=O)c2ccc(Cl)cc2)n1. The van der Waals surface area contributed by atoms with E-state index in [1.54, 1.807) is 29.6 Å². The number of benzene rings is 1. The number of rotatable bonds is 4. The van der Waals surface area contributed by atoms with Crippen molar-refractivity contribution in [2.75, 3.05) is 5.32 Å². The minimum absolute atomic E-state index is 0.159. The summed E-state index contributed by atoms with van der Waals surface area (Å²) >= 11 is 6.92. The summed E-state index contributed by atoms with van der Waals surface area (Å²) in [6.07, 6.45) is -0.159. The van der Waals surface area contributed by atoms with Gasteiger partial charge in [0.25, 0.3) is 5.91 Å². The maximum atomic E-state index is 11.9. The first-order valence-corrected chi connectivity index (χ1v) is 6.53. The van der Waals surface area contributed by atoms with Crippen molar-refractivity contribution >= 4 is 39.9 Å². The summed E-state index contributed by atoms with van der Waals surface area (Å²) in [4.78, 5) is 26.4. The Morgan fingerprint density at radius 2 is 2.00 bits per heavy atom. The van der Waals surface area contributed by atoms with Crippen molar-refractivity contribution in [3.05, 3.63) is 45.9 Å². The highest BCUT2D eigenvalue weighted by Crippen LogP contribution is 2.17. The lowest BCUT2D eigenvalue weighted by Gasteiger charge is -2.01. The van der Waals surface area contributed by atoms with Crippen LogP contribution in [0.4, 0.5) is 5.13 Å². The molecule has 98 valence electrons. The monoisotopic (exact) mass is 296 g/mol. The maximum absolute atomic E-state index is 11.9. The molecule has 0 aliphatic carbocycles. The number of carboxylic acid groups (broad SMARTS) is 1. The number of thiazole rings is 1. The van der Waals surface area contributed by atoms with Gasteiger partial charge in [-0.25, -0.2) is 4.98 Å². The summed E-state index contributed by atoms with van der Waals surface area (Å²) in [6, 6.07) is 6.44. The number of carboxylic acids is 1. The van der Waals surface area contributed by atoms with Gasteiger partial charge in [-0.05, 0) is 24.3 Å². The molecule has 2 rings (SSSR count). The van der Waals surface area contributed by atoms with E-state index in [9.17, 15) is 9.59 Å². The fourth-order valence-electron chi connectivity index (χ4n) is 1.37. The second-order valence-corrected chi connectivity index (χ2v) is 4.97. The van der Waals surface area contributed by atoms with Gasteiger partial charge in [0, 0.05) is 16.0 Å². The number of anilines is 1. The summed E-state index contributed by atoms with van der Waals surface area (Å²) in [7, 11) is 0. The Balaban J connectivity index is 2.04. The minimum Gasteiger partial charge on any atom is -0.481 e. The lowest BCUT2D eigenvalue weighted by atomic mass is 10.2. The molecule has 0 fully saturated rings. The lowest BCUT2D eigenvalue weighted by Crippen LogP contribution is -2.11. The molecule has 0 aliphatic heterocycles. The van der Waals surface area contributed by atoms with Crippen molar-refractivity contribution in [3.8, 4) is 0 Å². The number of carbonyl (C=O) groups is 2. The van der Waals surface area contributed by atoms with Crippen LogP contribution in [-0.2, 0) is 11.2 Å². The van der Waals surface area contributed by atoms with Gasteiger partial charge in [0.15, 0.2) is 5.13 Å². The smallest absolute Gasteiger partial charge is 0.309 e. The predicted molar refractivity (Wildman–Crippen MR) is 72.9 cm³/mol. The van der Waals surface area contributed by atoms with Crippen LogP contribution in [0.3, 0.4) is 0 Å². The topological polar surface area (TPSA) is 79.3 Å². The first kappa shape index (κ1) is 13.5. The fraction of sp³-hybridized carbons (Fsp3) is 0.0833. The molecule has 0 atom stereocenters. The second kappa shape index (κ2) is 5.81. The Kier molecular flexibility index (Phi) is 4.13. The van der Waals surface area contributed by atoms with E-state index >= 15 is 0 Å². The van der Waals surface area contributed by atoms with Gasteiger partial charge in [-0.2, -0.15) is 0 Å². The molecule has 7 heteroatoms. The maximum Gasteiger partial charge on any atom is 0.309 e. The molecular formula is C12H9ClN2O3S. The average Bonchev–Trinajstić information content (AvgIpc) is 2.76. The lowest BCUT2D eigenvalue weighted by molar-refractivity contribution is -0.136. The molecule has 1 amide bonds. The molecule has 19 heavy (non-hydrogen) atoms. The largest absolute Gasteiger partial charge is 0.481 e. The van der Waals surface area contributed by atoms with E-state index in [4.69, 9.17) is 16.7 Å². The second-order valence-electron chi connectivity index (χ2n) is 3.68. The van der Waals surface area contributed by atoms with Crippen molar-refractivity contribution in [1.29, 1.82) is 0 Å². The first-order valence-electron chi connectivity index (χ1n) is 5.28. The Hall–Kier alpha value is -1.92. The quantitative estimate of drug-likeness (QED) is 0.909. The number of hydrogen-bond acceptors (Lipinski definition) is 4. The third kappa shape index (κ3) is 3.77. The molecule has 2 N–H and O–H groups in total. The van der Waals surface area contributed by atoms with Crippen molar-refractivity contribution in [2.24, 2.45) is 0 Å². The van der Waals surface area contributed by atoms with E-state index < -0.39 is 5.97 Å². The summed E-state index contributed by atoms with van der Waals surface area (Å²) in [5.41, 5.74) is 0.878. The number of nitrogens with one attached hydrogen (secondary N) is 1. The number of carbonyl (C=O) groups excluding carboxylic acids is 1.